The Balaban J connectivity index is 1.94. The maximum Gasteiger partial charge on any atom is 0.305 e. The summed E-state index contributed by atoms with van der Waals surface area (Å²) >= 11 is 0. The van der Waals surface area contributed by atoms with Crippen molar-refractivity contribution < 1.29 is 38.5 Å². The molecule has 2 amide bonds. The second kappa shape index (κ2) is 15.0. The number of hydrogen-bond donors (Lipinski definition) is 4. The molecule has 1 heterocycles. The lowest BCUT2D eigenvalue weighted by molar-refractivity contribution is -0.139. The molecule has 0 aliphatic heterocycles. The number of rotatable bonds is 12. The summed E-state index contributed by atoms with van der Waals surface area (Å²) in [5, 5.41) is 32.7. The van der Waals surface area contributed by atoms with E-state index in [2.05, 4.69) is 5.32 Å². The van der Waals surface area contributed by atoms with E-state index < -0.39 is 42.1 Å². The van der Waals surface area contributed by atoms with Gasteiger partial charge in [-0.2, -0.15) is 0 Å². The molecule has 0 fully saturated rings. The first-order valence-corrected chi connectivity index (χ1v) is 15.0. The van der Waals surface area contributed by atoms with Crippen LogP contribution in [0.3, 0.4) is 0 Å². The first kappa shape index (κ1) is 34.7. The number of hydrogen-bond acceptors (Lipinski definition) is 5. The van der Waals surface area contributed by atoms with E-state index in [0.717, 1.165) is 0 Å². The smallest absolute Gasteiger partial charge is 0.305 e. The van der Waals surface area contributed by atoms with Gasteiger partial charge in [-0.1, -0.05) is 38.1 Å². The predicted molar refractivity (Wildman–Crippen MR) is 176 cm³/mol. The zero-order chi connectivity index (χ0) is 34.4. The van der Waals surface area contributed by atoms with Crippen LogP contribution >= 0.6 is 0 Å². The zero-order valence-corrected chi connectivity index (χ0v) is 26.4. The number of carboxylic acids is 1. The summed E-state index contributed by atoms with van der Waals surface area (Å²) in [5.74, 6) is -3.19. The van der Waals surface area contributed by atoms with Gasteiger partial charge in [0.05, 0.1) is 18.6 Å². The van der Waals surface area contributed by atoms with Crippen LogP contribution in [0.2, 0.25) is 0 Å². The third kappa shape index (κ3) is 8.37. The van der Waals surface area contributed by atoms with Crippen LogP contribution in [0, 0.1) is 11.6 Å². The summed E-state index contributed by atoms with van der Waals surface area (Å²) in [6.45, 7) is 3.80. The minimum atomic E-state index is -1.31. The Morgan fingerprint density at radius 2 is 1.38 bits per heavy atom. The van der Waals surface area contributed by atoms with E-state index in [-0.39, 0.29) is 23.9 Å². The number of aliphatic hydroxyl groups is 2. The van der Waals surface area contributed by atoms with Crippen LogP contribution in [-0.2, 0) is 4.79 Å². The van der Waals surface area contributed by atoms with Crippen LogP contribution in [0.4, 0.5) is 14.5 Å². The normalized spacial score (nSPS) is 12.7. The Kier molecular flexibility index (Phi) is 11.1. The van der Waals surface area contributed by atoms with Gasteiger partial charge in [-0.3, -0.25) is 14.4 Å². The number of carbonyl (C=O) groups is 3. The lowest BCUT2D eigenvalue weighted by Crippen LogP contribution is -2.22. The summed E-state index contributed by atoms with van der Waals surface area (Å²) in [7, 11) is 3.26. The topological polar surface area (TPSA) is 132 Å². The molecule has 9 nitrogen and oxygen atoms in total. The van der Waals surface area contributed by atoms with Crippen molar-refractivity contribution in [1.82, 2.24) is 9.47 Å². The largest absolute Gasteiger partial charge is 0.481 e. The number of amides is 2. The van der Waals surface area contributed by atoms with E-state index in [4.69, 9.17) is 5.11 Å². The van der Waals surface area contributed by atoms with Gasteiger partial charge in [-0.05, 0) is 71.7 Å². The SMILES string of the molecule is CC(C)c1c(-c2ccc(F)cc2)c(-c2ccc(F)cc2)c(C(=O)Nc2ccc(C(=O)N(C)C)cc2)n1C=C[C@@H](O)C[C@@H](O)CC(=O)O. The zero-order valence-electron chi connectivity index (χ0n) is 26.4. The molecule has 0 saturated heterocycles. The monoisotopic (exact) mass is 645 g/mol. The van der Waals surface area contributed by atoms with Crippen LogP contribution in [0.15, 0.2) is 78.9 Å². The minimum absolute atomic E-state index is 0.114. The molecule has 0 bridgehead atoms. The molecule has 246 valence electrons. The number of nitrogens with zero attached hydrogens (tertiary/aromatic N) is 2. The lowest BCUT2D eigenvalue weighted by Gasteiger charge is -2.15. The molecule has 4 rings (SSSR count). The Labute approximate surface area is 271 Å². The van der Waals surface area contributed by atoms with Gasteiger partial charge in [0.15, 0.2) is 0 Å². The Hall–Kier alpha value is -5.13. The van der Waals surface area contributed by atoms with Crippen molar-refractivity contribution in [3.05, 3.63) is 107 Å². The maximum atomic E-state index is 14.3. The van der Waals surface area contributed by atoms with Gasteiger partial charge in [-0.15, -0.1) is 0 Å². The second-order valence-electron chi connectivity index (χ2n) is 11.6. The van der Waals surface area contributed by atoms with Crippen molar-refractivity contribution in [3.8, 4) is 22.3 Å². The second-order valence-corrected chi connectivity index (χ2v) is 11.6. The van der Waals surface area contributed by atoms with Crippen molar-refractivity contribution in [2.24, 2.45) is 0 Å². The van der Waals surface area contributed by atoms with Gasteiger partial charge in [-0.25, -0.2) is 8.78 Å². The van der Waals surface area contributed by atoms with Crippen molar-refractivity contribution in [1.29, 1.82) is 0 Å². The number of carbonyl (C=O) groups excluding carboxylic acids is 2. The van der Waals surface area contributed by atoms with Crippen molar-refractivity contribution >= 4 is 29.7 Å². The molecule has 2 atom stereocenters. The average molecular weight is 646 g/mol. The predicted octanol–water partition coefficient (Wildman–Crippen LogP) is 6.24. The number of halogens is 2. The average Bonchev–Trinajstić information content (AvgIpc) is 3.36. The summed E-state index contributed by atoms with van der Waals surface area (Å²) in [4.78, 5) is 39.1. The highest BCUT2D eigenvalue weighted by atomic mass is 19.1. The Morgan fingerprint density at radius 1 is 0.851 bits per heavy atom. The van der Waals surface area contributed by atoms with E-state index >= 15 is 0 Å². The maximum absolute atomic E-state index is 14.3. The van der Waals surface area contributed by atoms with Crippen molar-refractivity contribution in [3.63, 3.8) is 0 Å². The molecule has 47 heavy (non-hydrogen) atoms. The summed E-state index contributed by atoms with van der Waals surface area (Å²) in [6, 6.07) is 17.7. The van der Waals surface area contributed by atoms with Gasteiger partial charge < -0.3 is 30.1 Å². The van der Waals surface area contributed by atoms with Crippen molar-refractivity contribution in [2.75, 3.05) is 19.4 Å². The van der Waals surface area contributed by atoms with Crippen LogP contribution < -0.4 is 5.32 Å². The first-order chi connectivity index (χ1) is 22.3. The van der Waals surface area contributed by atoms with Crippen LogP contribution in [0.1, 0.15) is 59.1 Å². The molecule has 4 N–H and O–H groups in total. The number of aliphatic hydroxyl groups excluding tert-OH is 2. The number of benzene rings is 3. The van der Waals surface area contributed by atoms with Crippen LogP contribution in [0.5, 0.6) is 0 Å². The van der Waals surface area contributed by atoms with Gasteiger partial charge in [0.25, 0.3) is 11.8 Å². The molecular weight excluding hydrogens is 608 g/mol. The van der Waals surface area contributed by atoms with E-state index in [0.29, 0.717) is 39.2 Å². The third-order valence-electron chi connectivity index (χ3n) is 7.45. The number of anilines is 1. The number of aliphatic carboxylic acids is 1. The molecule has 4 aromatic rings. The van der Waals surface area contributed by atoms with Gasteiger partial charge in [0, 0.05) is 54.8 Å². The molecule has 0 aliphatic rings. The fourth-order valence-electron chi connectivity index (χ4n) is 5.33. The van der Waals surface area contributed by atoms with E-state index in [1.54, 1.807) is 55.1 Å². The number of aromatic nitrogens is 1. The first-order valence-electron chi connectivity index (χ1n) is 15.0. The quantitative estimate of drug-likeness (QED) is 0.144. The molecule has 1 aromatic heterocycles. The molecule has 0 unspecified atom stereocenters. The minimum Gasteiger partial charge on any atom is -0.481 e. The highest BCUT2D eigenvalue weighted by Crippen LogP contribution is 2.43. The molecular formula is C36H37F2N3O6. The van der Waals surface area contributed by atoms with Gasteiger partial charge in [0.2, 0.25) is 0 Å². The summed E-state index contributed by atoms with van der Waals surface area (Å²) in [6.07, 6.45) is -0.582. The third-order valence-corrected chi connectivity index (χ3v) is 7.45. The molecule has 0 saturated carbocycles. The van der Waals surface area contributed by atoms with Gasteiger partial charge in [0.1, 0.15) is 17.3 Å². The van der Waals surface area contributed by atoms with Gasteiger partial charge >= 0.3 is 5.97 Å². The Morgan fingerprint density at radius 3 is 1.87 bits per heavy atom. The molecule has 0 aliphatic carbocycles. The van der Waals surface area contributed by atoms with Crippen LogP contribution in [-0.4, -0.2) is 68.9 Å². The highest BCUT2D eigenvalue weighted by molar-refractivity contribution is 6.12. The van der Waals surface area contributed by atoms with Crippen molar-refractivity contribution in [2.45, 2.75) is 44.8 Å². The standard InChI is InChI=1S/C36H37F2N3O6/c1-21(2)33-31(22-5-11-25(37)12-6-22)32(23-7-13-26(38)14-8-23)34(41(33)18-17-28(42)19-29(43)20-30(44)45)35(46)39-27-15-9-24(10-16-27)36(47)40(3)4/h5-18,21,28-29,42-43H,19-20H2,1-4H3,(H,39,46)(H,44,45)/t28-,29-/m1/s1. The van der Waals surface area contributed by atoms with E-state index in [9.17, 15) is 33.4 Å². The molecule has 11 heteroatoms. The molecule has 0 spiro atoms. The number of nitrogens with one attached hydrogen (secondary N) is 1. The Bertz CT molecular complexity index is 1760. The summed E-state index contributed by atoms with van der Waals surface area (Å²) < 4.78 is 29.8. The molecule has 0 radical (unpaired) electrons. The fourth-order valence-corrected chi connectivity index (χ4v) is 5.33. The van der Waals surface area contributed by atoms with E-state index in [1.807, 2.05) is 13.8 Å². The fraction of sp³-hybridized carbons (Fsp3) is 0.250. The summed E-state index contributed by atoms with van der Waals surface area (Å²) in [5.41, 5.74) is 3.61. The highest BCUT2D eigenvalue weighted by Gasteiger charge is 2.30. The lowest BCUT2D eigenvalue weighted by atomic mass is 9.92. The van der Waals surface area contributed by atoms with E-state index in [1.165, 1.54) is 53.6 Å². The molecule has 3 aromatic carbocycles. The van der Waals surface area contributed by atoms with Crippen LogP contribution in [0.25, 0.3) is 28.5 Å². The number of carboxylic acid groups (broad SMARTS) is 1.